The normalized spacial score (nSPS) is 16.7. The van der Waals surface area contributed by atoms with E-state index >= 15 is 0 Å². The van der Waals surface area contributed by atoms with E-state index in [1.54, 1.807) is 48.5 Å². The van der Waals surface area contributed by atoms with Gasteiger partial charge in [0.05, 0.1) is 0 Å². The summed E-state index contributed by atoms with van der Waals surface area (Å²) in [5.41, 5.74) is 3.21. The lowest BCUT2D eigenvalue weighted by molar-refractivity contribution is 0.213. The molecule has 34 heavy (non-hydrogen) atoms. The molecule has 172 valence electrons. The summed E-state index contributed by atoms with van der Waals surface area (Å²) in [4.78, 5) is 0. The summed E-state index contributed by atoms with van der Waals surface area (Å²) in [6, 6.07) is 29.7. The molecule has 0 atom stereocenters. The van der Waals surface area contributed by atoms with E-state index in [1.807, 2.05) is 48.5 Å². The molecular formula is C30H28O4. The van der Waals surface area contributed by atoms with Crippen LogP contribution >= 0.6 is 0 Å². The highest BCUT2D eigenvalue weighted by atomic mass is 16.3. The van der Waals surface area contributed by atoms with Crippen LogP contribution in [0.25, 0.3) is 0 Å². The van der Waals surface area contributed by atoms with Crippen LogP contribution in [0, 0.1) is 0 Å². The van der Waals surface area contributed by atoms with E-state index in [1.165, 1.54) is 0 Å². The maximum absolute atomic E-state index is 10.1. The summed E-state index contributed by atoms with van der Waals surface area (Å²) >= 11 is 0. The molecule has 4 N–H and O–H groups in total. The van der Waals surface area contributed by atoms with Gasteiger partial charge in [-0.15, -0.1) is 0 Å². The molecule has 4 heteroatoms. The van der Waals surface area contributed by atoms with Crippen LogP contribution in [-0.2, 0) is 10.8 Å². The molecule has 1 fully saturated rings. The molecule has 0 saturated heterocycles. The molecule has 1 saturated carbocycles. The Bertz CT molecular complexity index is 1060. The fourth-order valence-electron chi connectivity index (χ4n) is 6.09. The zero-order valence-corrected chi connectivity index (χ0v) is 18.9. The topological polar surface area (TPSA) is 80.9 Å². The van der Waals surface area contributed by atoms with Crippen molar-refractivity contribution < 1.29 is 20.4 Å². The van der Waals surface area contributed by atoms with Crippen LogP contribution in [0.3, 0.4) is 0 Å². The minimum Gasteiger partial charge on any atom is -0.508 e. The van der Waals surface area contributed by atoms with Crippen LogP contribution < -0.4 is 0 Å². The number of benzene rings is 4. The van der Waals surface area contributed by atoms with Crippen LogP contribution in [0.2, 0.25) is 0 Å². The summed E-state index contributed by atoms with van der Waals surface area (Å²) < 4.78 is 0. The highest BCUT2D eigenvalue weighted by Gasteiger charge is 2.56. The maximum Gasteiger partial charge on any atom is 0.115 e. The molecule has 5 rings (SSSR count). The highest BCUT2D eigenvalue weighted by molar-refractivity contribution is 5.57. The molecule has 1 aliphatic carbocycles. The molecule has 0 amide bonds. The van der Waals surface area contributed by atoms with Crippen LogP contribution in [0.4, 0.5) is 0 Å². The average molecular weight is 453 g/mol. The fourth-order valence-corrected chi connectivity index (χ4v) is 6.09. The average Bonchev–Trinajstić information content (AvgIpc) is 2.86. The number of hydrogen-bond acceptors (Lipinski definition) is 4. The smallest absolute Gasteiger partial charge is 0.115 e. The zero-order valence-electron chi connectivity index (χ0n) is 18.9. The van der Waals surface area contributed by atoms with E-state index in [2.05, 4.69) is 0 Å². The van der Waals surface area contributed by atoms with Gasteiger partial charge in [-0.3, -0.25) is 0 Å². The van der Waals surface area contributed by atoms with Gasteiger partial charge in [0.15, 0.2) is 0 Å². The largest absolute Gasteiger partial charge is 0.508 e. The van der Waals surface area contributed by atoms with Gasteiger partial charge >= 0.3 is 0 Å². The van der Waals surface area contributed by atoms with Crippen molar-refractivity contribution in [3.05, 3.63) is 119 Å². The lowest BCUT2D eigenvalue weighted by Gasteiger charge is -2.56. The second kappa shape index (κ2) is 8.45. The van der Waals surface area contributed by atoms with Crippen molar-refractivity contribution in [3.8, 4) is 23.0 Å². The van der Waals surface area contributed by atoms with Crippen molar-refractivity contribution >= 4 is 0 Å². The summed E-state index contributed by atoms with van der Waals surface area (Å²) in [7, 11) is 0. The number of phenols is 4. The van der Waals surface area contributed by atoms with Gasteiger partial charge in [-0.1, -0.05) is 61.4 Å². The zero-order chi connectivity index (χ0) is 23.8. The predicted octanol–water partition coefficient (Wildman–Crippen LogP) is 6.36. The minimum absolute atomic E-state index is 0.209. The second-order valence-electron chi connectivity index (χ2n) is 9.21. The van der Waals surface area contributed by atoms with Crippen molar-refractivity contribution in [2.45, 2.75) is 36.5 Å². The Morgan fingerprint density at radius 1 is 0.353 bits per heavy atom. The van der Waals surface area contributed by atoms with Crippen LogP contribution in [0.15, 0.2) is 97.1 Å². The van der Waals surface area contributed by atoms with E-state index in [0.717, 1.165) is 47.9 Å². The molecule has 0 unspecified atom stereocenters. The van der Waals surface area contributed by atoms with Crippen molar-refractivity contribution in [2.24, 2.45) is 0 Å². The van der Waals surface area contributed by atoms with Gasteiger partial charge in [0.25, 0.3) is 0 Å². The first kappa shape index (κ1) is 21.9. The van der Waals surface area contributed by atoms with Gasteiger partial charge < -0.3 is 20.4 Å². The maximum atomic E-state index is 10.1. The molecule has 0 spiro atoms. The Kier molecular flexibility index (Phi) is 5.45. The molecule has 0 aromatic heterocycles. The summed E-state index contributed by atoms with van der Waals surface area (Å²) in [6.45, 7) is 0. The minimum atomic E-state index is -0.527. The molecule has 0 bridgehead atoms. The molecule has 4 aromatic carbocycles. The van der Waals surface area contributed by atoms with Crippen molar-refractivity contribution in [3.63, 3.8) is 0 Å². The van der Waals surface area contributed by atoms with Crippen molar-refractivity contribution in [2.75, 3.05) is 0 Å². The lowest BCUT2D eigenvalue weighted by atomic mass is 9.46. The molecule has 1 aliphatic rings. The third-order valence-electron chi connectivity index (χ3n) is 7.52. The first-order valence-corrected chi connectivity index (χ1v) is 11.6. The molecular weight excluding hydrogens is 424 g/mol. The predicted molar refractivity (Wildman–Crippen MR) is 132 cm³/mol. The van der Waals surface area contributed by atoms with Crippen LogP contribution in [0.5, 0.6) is 23.0 Å². The molecule has 0 radical (unpaired) electrons. The monoisotopic (exact) mass is 452 g/mol. The Hall–Kier alpha value is -3.92. The van der Waals surface area contributed by atoms with E-state index in [9.17, 15) is 20.4 Å². The number of hydrogen-bond donors (Lipinski definition) is 4. The standard InChI is InChI=1S/C30H28O4/c31-25-11-3-21(4-12-25)29(22-5-13-26(32)14-6-22)19-1-2-20-30(29,23-7-15-27(33)16-8-23)24-9-17-28(34)18-10-24/h3-18,31-34H,1-2,19-20H2. The first-order chi connectivity index (χ1) is 16.5. The van der Waals surface area contributed by atoms with Crippen molar-refractivity contribution in [1.29, 1.82) is 0 Å². The molecule has 4 aromatic rings. The van der Waals surface area contributed by atoms with E-state index in [4.69, 9.17) is 0 Å². The third-order valence-corrected chi connectivity index (χ3v) is 7.52. The second-order valence-corrected chi connectivity index (χ2v) is 9.21. The summed E-state index contributed by atoms with van der Waals surface area (Å²) in [5.74, 6) is 0.834. The molecule has 0 heterocycles. The van der Waals surface area contributed by atoms with Gasteiger partial charge in [0.2, 0.25) is 0 Å². The summed E-state index contributed by atoms with van der Waals surface area (Å²) in [6.07, 6.45) is 3.73. The van der Waals surface area contributed by atoms with E-state index < -0.39 is 10.8 Å². The quantitative estimate of drug-likeness (QED) is 0.291. The summed E-state index contributed by atoms with van der Waals surface area (Å²) in [5, 5.41) is 40.3. The Morgan fingerprint density at radius 2 is 0.559 bits per heavy atom. The van der Waals surface area contributed by atoms with Gasteiger partial charge in [0, 0.05) is 10.8 Å². The van der Waals surface area contributed by atoms with Gasteiger partial charge in [-0.25, -0.2) is 0 Å². The van der Waals surface area contributed by atoms with Gasteiger partial charge in [-0.2, -0.15) is 0 Å². The van der Waals surface area contributed by atoms with E-state index in [0.29, 0.717) is 0 Å². The highest BCUT2D eigenvalue weighted by Crippen LogP contribution is 2.60. The Labute approximate surface area is 199 Å². The Balaban J connectivity index is 1.91. The lowest BCUT2D eigenvalue weighted by Crippen LogP contribution is -2.53. The number of rotatable bonds is 4. The Morgan fingerprint density at radius 3 is 0.765 bits per heavy atom. The van der Waals surface area contributed by atoms with E-state index in [-0.39, 0.29) is 23.0 Å². The van der Waals surface area contributed by atoms with Gasteiger partial charge in [0.1, 0.15) is 23.0 Å². The van der Waals surface area contributed by atoms with Crippen LogP contribution in [0.1, 0.15) is 47.9 Å². The van der Waals surface area contributed by atoms with Crippen molar-refractivity contribution in [1.82, 2.24) is 0 Å². The number of aromatic hydroxyl groups is 4. The van der Waals surface area contributed by atoms with Gasteiger partial charge in [-0.05, 0) is 83.6 Å². The first-order valence-electron chi connectivity index (χ1n) is 11.6. The molecule has 0 aliphatic heterocycles. The molecule has 4 nitrogen and oxygen atoms in total. The third kappa shape index (κ3) is 3.38. The fraction of sp³-hybridized carbons (Fsp3) is 0.200. The SMILES string of the molecule is Oc1ccc(C2(c3ccc(O)cc3)CCCCC2(c2ccc(O)cc2)c2ccc(O)cc2)cc1. The number of phenolic OH excluding ortho intramolecular Hbond substituents is 4. The van der Waals surface area contributed by atoms with Crippen LogP contribution in [-0.4, -0.2) is 20.4 Å².